The van der Waals surface area contributed by atoms with Crippen LogP contribution in [0.1, 0.15) is 38.3 Å². The lowest BCUT2D eigenvalue weighted by atomic mass is 10.1. The average Bonchev–Trinajstić information content (AvgIpc) is 2.92. The monoisotopic (exact) mass is 306 g/mol. The molecule has 1 aromatic carbocycles. The van der Waals surface area contributed by atoms with Crippen molar-refractivity contribution in [3.8, 4) is 0 Å². The van der Waals surface area contributed by atoms with E-state index in [4.69, 9.17) is 9.84 Å². The second-order valence-corrected chi connectivity index (χ2v) is 6.77. The van der Waals surface area contributed by atoms with E-state index in [0.717, 1.165) is 30.6 Å². The Hall–Kier alpha value is -1.59. The first-order valence-corrected chi connectivity index (χ1v) is 7.77. The van der Waals surface area contributed by atoms with Crippen molar-refractivity contribution in [2.24, 2.45) is 0 Å². The Balaban J connectivity index is 1.80. The van der Waals surface area contributed by atoms with Gasteiger partial charge in [-0.25, -0.2) is 4.79 Å². The van der Waals surface area contributed by atoms with Crippen molar-refractivity contribution >= 4 is 6.09 Å². The van der Waals surface area contributed by atoms with Crippen LogP contribution in [-0.2, 0) is 17.9 Å². The minimum absolute atomic E-state index is 0.0592. The Bertz CT molecular complexity index is 511. The van der Waals surface area contributed by atoms with Crippen molar-refractivity contribution < 1.29 is 14.6 Å². The molecule has 22 heavy (non-hydrogen) atoms. The largest absolute Gasteiger partial charge is 0.444 e. The number of rotatable bonds is 4. The second-order valence-electron chi connectivity index (χ2n) is 6.77. The van der Waals surface area contributed by atoms with Crippen LogP contribution >= 0.6 is 0 Å². The molecule has 0 saturated carbocycles. The minimum Gasteiger partial charge on any atom is -0.444 e. The van der Waals surface area contributed by atoms with Gasteiger partial charge in [0.2, 0.25) is 0 Å². The fourth-order valence-corrected chi connectivity index (χ4v) is 2.52. The summed E-state index contributed by atoms with van der Waals surface area (Å²) in [6, 6.07) is 8.17. The first-order valence-electron chi connectivity index (χ1n) is 7.77. The van der Waals surface area contributed by atoms with Gasteiger partial charge in [0.05, 0.1) is 6.61 Å². The summed E-state index contributed by atoms with van der Waals surface area (Å²) in [6.45, 7) is 7.84. The summed E-state index contributed by atoms with van der Waals surface area (Å²) in [5.74, 6) is 0. The molecule has 1 amide bonds. The third-order valence-corrected chi connectivity index (χ3v) is 3.61. The van der Waals surface area contributed by atoms with Gasteiger partial charge in [-0.15, -0.1) is 0 Å². The van der Waals surface area contributed by atoms with Gasteiger partial charge in [0.25, 0.3) is 0 Å². The fraction of sp³-hybridized carbons (Fsp3) is 0.588. The summed E-state index contributed by atoms with van der Waals surface area (Å²) in [4.78, 5) is 13.8. The van der Waals surface area contributed by atoms with Gasteiger partial charge in [0.15, 0.2) is 0 Å². The third kappa shape index (κ3) is 5.00. The molecule has 1 aliphatic heterocycles. The predicted molar refractivity (Wildman–Crippen MR) is 85.4 cm³/mol. The molecule has 1 aromatic rings. The van der Waals surface area contributed by atoms with E-state index < -0.39 is 5.60 Å². The number of benzene rings is 1. The van der Waals surface area contributed by atoms with E-state index in [1.165, 1.54) is 0 Å². The number of aliphatic hydroxyl groups is 1. The Kier molecular flexibility index (Phi) is 5.42. The van der Waals surface area contributed by atoms with Gasteiger partial charge < -0.3 is 20.1 Å². The molecular formula is C17H26N2O3. The number of carbonyl (C=O) groups excluding carboxylic acids is 1. The van der Waals surface area contributed by atoms with Gasteiger partial charge in [-0.2, -0.15) is 0 Å². The second kappa shape index (κ2) is 7.11. The van der Waals surface area contributed by atoms with Crippen LogP contribution in [0.25, 0.3) is 0 Å². The first kappa shape index (κ1) is 16.8. The number of likely N-dealkylation sites (tertiary alicyclic amines) is 1. The maximum Gasteiger partial charge on any atom is 0.410 e. The Morgan fingerprint density at radius 1 is 1.41 bits per heavy atom. The lowest BCUT2D eigenvalue weighted by Crippen LogP contribution is -2.38. The quantitative estimate of drug-likeness (QED) is 0.896. The smallest absolute Gasteiger partial charge is 0.410 e. The molecule has 0 radical (unpaired) electrons. The molecule has 122 valence electrons. The lowest BCUT2D eigenvalue weighted by molar-refractivity contribution is 0.0291. The highest BCUT2D eigenvalue weighted by atomic mass is 16.6. The SMILES string of the molecule is CC(C)(C)OC(=O)N1CCC(NCc2cccc(CO)c2)C1. The topological polar surface area (TPSA) is 61.8 Å². The molecule has 0 aliphatic carbocycles. The number of aliphatic hydroxyl groups excluding tert-OH is 1. The normalized spacial score (nSPS) is 18.5. The number of ether oxygens (including phenoxy) is 1. The Labute approximate surface area is 132 Å². The summed E-state index contributed by atoms with van der Waals surface area (Å²) in [7, 11) is 0. The van der Waals surface area contributed by atoms with E-state index in [0.29, 0.717) is 6.54 Å². The van der Waals surface area contributed by atoms with Crippen LogP contribution in [0, 0.1) is 0 Å². The highest BCUT2D eigenvalue weighted by Crippen LogP contribution is 2.16. The molecule has 0 spiro atoms. The molecule has 1 fully saturated rings. The molecule has 1 saturated heterocycles. The van der Waals surface area contributed by atoms with Crippen molar-refractivity contribution in [3.05, 3.63) is 35.4 Å². The molecule has 1 unspecified atom stereocenters. The maximum absolute atomic E-state index is 12.0. The molecule has 2 N–H and O–H groups in total. The average molecular weight is 306 g/mol. The van der Waals surface area contributed by atoms with Crippen molar-refractivity contribution in [2.45, 2.75) is 52.0 Å². The van der Waals surface area contributed by atoms with Crippen molar-refractivity contribution in [3.63, 3.8) is 0 Å². The standard InChI is InChI=1S/C17H26N2O3/c1-17(2,3)22-16(21)19-8-7-15(11-19)18-10-13-5-4-6-14(9-13)12-20/h4-6,9,15,18,20H,7-8,10-12H2,1-3H3. The van der Waals surface area contributed by atoms with E-state index in [2.05, 4.69) is 5.32 Å². The lowest BCUT2D eigenvalue weighted by Gasteiger charge is -2.24. The van der Waals surface area contributed by atoms with Gasteiger partial charge >= 0.3 is 6.09 Å². The van der Waals surface area contributed by atoms with Crippen molar-refractivity contribution in [1.29, 1.82) is 0 Å². The van der Waals surface area contributed by atoms with Crippen LogP contribution in [-0.4, -0.2) is 40.8 Å². The minimum atomic E-state index is -0.451. The summed E-state index contributed by atoms with van der Waals surface area (Å²) in [5, 5.41) is 12.6. The number of amides is 1. The number of nitrogens with zero attached hydrogens (tertiary/aromatic N) is 1. The molecule has 1 heterocycles. The van der Waals surface area contributed by atoms with Crippen LogP contribution in [0.2, 0.25) is 0 Å². The van der Waals surface area contributed by atoms with Gasteiger partial charge in [-0.05, 0) is 38.3 Å². The van der Waals surface area contributed by atoms with Crippen molar-refractivity contribution in [2.75, 3.05) is 13.1 Å². The number of hydrogen-bond acceptors (Lipinski definition) is 4. The predicted octanol–water partition coefficient (Wildman–Crippen LogP) is 2.28. The third-order valence-electron chi connectivity index (χ3n) is 3.61. The zero-order valence-electron chi connectivity index (χ0n) is 13.6. The summed E-state index contributed by atoms with van der Waals surface area (Å²) in [5.41, 5.74) is 1.61. The van der Waals surface area contributed by atoms with Gasteiger partial charge in [0.1, 0.15) is 5.60 Å². The van der Waals surface area contributed by atoms with E-state index in [1.807, 2.05) is 45.0 Å². The molecule has 0 bridgehead atoms. The van der Waals surface area contributed by atoms with Crippen LogP contribution in [0.3, 0.4) is 0 Å². The number of carbonyl (C=O) groups is 1. The molecular weight excluding hydrogens is 280 g/mol. The fourth-order valence-electron chi connectivity index (χ4n) is 2.52. The molecule has 1 aliphatic rings. The Morgan fingerprint density at radius 2 is 2.14 bits per heavy atom. The van der Waals surface area contributed by atoms with Gasteiger partial charge in [0, 0.05) is 25.7 Å². The van der Waals surface area contributed by atoms with Gasteiger partial charge in [-0.3, -0.25) is 0 Å². The van der Waals surface area contributed by atoms with E-state index >= 15 is 0 Å². The Morgan fingerprint density at radius 3 is 2.82 bits per heavy atom. The molecule has 5 nitrogen and oxygen atoms in total. The van der Waals surface area contributed by atoms with E-state index in [1.54, 1.807) is 4.90 Å². The molecule has 2 rings (SSSR count). The first-order chi connectivity index (χ1) is 10.4. The molecule has 5 heteroatoms. The summed E-state index contributed by atoms with van der Waals surface area (Å²) >= 11 is 0. The van der Waals surface area contributed by atoms with E-state index in [-0.39, 0.29) is 18.7 Å². The van der Waals surface area contributed by atoms with Crippen LogP contribution < -0.4 is 5.32 Å². The van der Waals surface area contributed by atoms with Crippen LogP contribution in [0.15, 0.2) is 24.3 Å². The highest BCUT2D eigenvalue weighted by Gasteiger charge is 2.29. The van der Waals surface area contributed by atoms with E-state index in [9.17, 15) is 4.79 Å². The van der Waals surface area contributed by atoms with Crippen molar-refractivity contribution in [1.82, 2.24) is 10.2 Å². The molecule has 0 aromatic heterocycles. The summed E-state index contributed by atoms with van der Waals surface area (Å²) in [6.07, 6.45) is 0.693. The van der Waals surface area contributed by atoms with Crippen LogP contribution in [0.4, 0.5) is 4.79 Å². The highest BCUT2D eigenvalue weighted by molar-refractivity contribution is 5.68. The number of nitrogens with one attached hydrogen (secondary N) is 1. The van der Waals surface area contributed by atoms with Gasteiger partial charge in [-0.1, -0.05) is 24.3 Å². The zero-order chi connectivity index (χ0) is 16.2. The van der Waals surface area contributed by atoms with Crippen LogP contribution in [0.5, 0.6) is 0 Å². The zero-order valence-corrected chi connectivity index (χ0v) is 13.6. The maximum atomic E-state index is 12.0. The molecule has 1 atom stereocenters. The number of hydrogen-bond donors (Lipinski definition) is 2. The summed E-state index contributed by atoms with van der Waals surface area (Å²) < 4.78 is 5.39.